The van der Waals surface area contributed by atoms with Gasteiger partial charge in [0.2, 0.25) is 0 Å². The Labute approximate surface area is 158 Å². The van der Waals surface area contributed by atoms with Gasteiger partial charge in [-0.3, -0.25) is 4.79 Å². The number of carbonyl (C=O) groups is 1. The number of piperazine rings is 1. The summed E-state index contributed by atoms with van der Waals surface area (Å²) in [7, 11) is -3.54. The van der Waals surface area contributed by atoms with Crippen LogP contribution in [0.2, 0.25) is 0 Å². The molecule has 9 nitrogen and oxygen atoms in total. The van der Waals surface area contributed by atoms with Gasteiger partial charge in [-0.15, -0.1) is 5.10 Å². The SMILES string of the molecule is CCc1nnsc1C(=O)N1CCN(S(=O)(=O)N2C[C@@H](C)O[C@@H](C)C2)CC1. The van der Waals surface area contributed by atoms with Crippen LogP contribution in [-0.4, -0.2) is 88.9 Å². The van der Waals surface area contributed by atoms with Gasteiger partial charge in [0, 0.05) is 39.3 Å². The molecule has 146 valence electrons. The van der Waals surface area contributed by atoms with E-state index in [1.807, 2.05) is 20.8 Å². The lowest BCUT2D eigenvalue weighted by atomic mass is 10.2. The second kappa shape index (κ2) is 7.85. The fraction of sp³-hybridized carbons (Fsp3) is 0.800. The van der Waals surface area contributed by atoms with E-state index in [4.69, 9.17) is 4.74 Å². The first-order chi connectivity index (χ1) is 12.3. The molecule has 0 unspecified atom stereocenters. The van der Waals surface area contributed by atoms with E-state index in [9.17, 15) is 13.2 Å². The van der Waals surface area contributed by atoms with E-state index in [1.54, 1.807) is 4.90 Å². The molecule has 2 atom stereocenters. The molecule has 0 aromatic carbocycles. The molecule has 11 heteroatoms. The Kier molecular flexibility index (Phi) is 5.92. The van der Waals surface area contributed by atoms with Crippen LogP contribution in [0, 0.1) is 0 Å². The van der Waals surface area contributed by atoms with E-state index in [0.29, 0.717) is 56.3 Å². The summed E-state index contributed by atoms with van der Waals surface area (Å²) in [5.41, 5.74) is 0.700. The largest absolute Gasteiger partial charge is 0.373 e. The van der Waals surface area contributed by atoms with E-state index in [-0.39, 0.29) is 18.1 Å². The predicted molar refractivity (Wildman–Crippen MR) is 97.3 cm³/mol. The zero-order valence-electron chi connectivity index (χ0n) is 15.3. The number of aromatic nitrogens is 2. The Hall–Kier alpha value is -1.14. The van der Waals surface area contributed by atoms with Crippen LogP contribution in [0.15, 0.2) is 0 Å². The zero-order valence-corrected chi connectivity index (χ0v) is 16.9. The van der Waals surface area contributed by atoms with E-state index in [2.05, 4.69) is 9.59 Å². The molecule has 0 N–H and O–H groups in total. The van der Waals surface area contributed by atoms with Gasteiger partial charge in [-0.05, 0) is 31.8 Å². The van der Waals surface area contributed by atoms with E-state index >= 15 is 0 Å². The molecule has 2 aliphatic heterocycles. The summed E-state index contributed by atoms with van der Waals surface area (Å²) in [4.78, 5) is 14.9. The first kappa shape index (κ1) is 19.6. The van der Waals surface area contributed by atoms with Crippen molar-refractivity contribution >= 4 is 27.6 Å². The average molecular weight is 404 g/mol. The molecule has 2 saturated heterocycles. The number of carbonyl (C=O) groups excluding carboxylic acids is 1. The van der Waals surface area contributed by atoms with Crippen molar-refractivity contribution in [1.82, 2.24) is 23.1 Å². The van der Waals surface area contributed by atoms with Crippen molar-refractivity contribution in [2.75, 3.05) is 39.3 Å². The van der Waals surface area contributed by atoms with Gasteiger partial charge in [0.15, 0.2) is 0 Å². The van der Waals surface area contributed by atoms with Gasteiger partial charge < -0.3 is 9.64 Å². The lowest BCUT2D eigenvalue weighted by Crippen LogP contribution is -2.57. The molecule has 0 aliphatic carbocycles. The lowest BCUT2D eigenvalue weighted by molar-refractivity contribution is -0.0457. The van der Waals surface area contributed by atoms with Crippen LogP contribution >= 0.6 is 11.5 Å². The van der Waals surface area contributed by atoms with Crippen molar-refractivity contribution in [2.45, 2.75) is 39.4 Å². The molecule has 0 saturated carbocycles. The molecule has 1 aromatic heterocycles. The summed E-state index contributed by atoms with van der Waals surface area (Å²) in [6, 6.07) is 0. The van der Waals surface area contributed by atoms with Crippen molar-refractivity contribution in [3.8, 4) is 0 Å². The van der Waals surface area contributed by atoms with Crippen LogP contribution in [-0.2, 0) is 21.4 Å². The van der Waals surface area contributed by atoms with Crippen LogP contribution in [0.4, 0.5) is 0 Å². The molecule has 1 aromatic rings. The fourth-order valence-electron chi connectivity index (χ4n) is 3.35. The number of hydrogen-bond donors (Lipinski definition) is 0. The standard InChI is InChI=1S/C15H25N5O4S2/c1-4-13-14(25-17-16-13)15(21)18-5-7-19(8-6-18)26(22,23)20-9-11(2)24-12(3)10-20/h11-12H,4-10H2,1-3H3/t11-,12+. The fourth-order valence-corrected chi connectivity index (χ4v) is 5.82. The normalized spacial score (nSPS) is 26.2. The molecule has 3 heterocycles. The molecule has 2 fully saturated rings. The van der Waals surface area contributed by atoms with Crippen LogP contribution in [0.3, 0.4) is 0 Å². The Morgan fingerprint density at radius 3 is 2.35 bits per heavy atom. The Balaban J connectivity index is 1.63. The highest BCUT2D eigenvalue weighted by Crippen LogP contribution is 2.20. The van der Waals surface area contributed by atoms with E-state index in [1.165, 1.54) is 8.61 Å². The third-order valence-corrected chi connectivity index (χ3v) is 7.37. The molecular weight excluding hydrogens is 378 g/mol. The molecule has 2 aliphatic rings. The summed E-state index contributed by atoms with van der Waals surface area (Å²) < 4.78 is 38.3. The topological polar surface area (TPSA) is 95.9 Å². The highest BCUT2D eigenvalue weighted by molar-refractivity contribution is 7.86. The second-order valence-electron chi connectivity index (χ2n) is 6.68. The van der Waals surface area contributed by atoms with Gasteiger partial charge in [0.05, 0.1) is 17.9 Å². The van der Waals surface area contributed by atoms with Crippen molar-refractivity contribution in [1.29, 1.82) is 0 Å². The number of morpholine rings is 1. The maximum atomic E-state index is 12.9. The first-order valence-electron chi connectivity index (χ1n) is 8.84. The van der Waals surface area contributed by atoms with Gasteiger partial charge in [0.1, 0.15) is 4.88 Å². The van der Waals surface area contributed by atoms with Gasteiger partial charge >= 0.3 is 0 Å². The van der Waals surface area contributed by atoms with E-state index < -0.39 is 10.2 Å². The number of amides is 1. The second-order valence-corrected chi connectivity index (χ2v) is 9.36. The summed E-state index contributed by atoms with van der Waals surface area (Å²) >= 11 is 1.10. The molecular formula is C15H25N5O4S2. The van der Waals surface area contributed by atoms with Crippen LogP contribution in [0.1, 0.15) is 36.1 Å². The molecule has 1 amide bonds. The quantitative estimate of drug-likeness (QED) is 0.713. The highest BCUT2D eigenvalue weighted by atomic mass is 32.2. The third kappa shape index (κ3) is 3.91. The summed E-state index contributed by atoms with van der Waals surface area (Å²) in [6.45, 7) is 7.73. The number of hydrogen-bond acceptors (Lipinski definition) is 7. The minimum atomic E-state index is -3.54. The summed E-state index contributed by atoms with van der Waals surface area (Å²) in [5.74, 6) is -0.109. The number of aryl methyl sites for hydroxylation is 1. The smallest absolute Gasteiger partial charge is 0.282 e. The molecule has 0 spiro atoms. The zero-order chi connectivity index (χ0) is 18.9. The Morgan fingerprint density at radius 1 is 1.15 bits per heavy atom. The van der Waals surface area contributed by atoms with Crippen LogP contribution in [0.5, 0.6) is 0 Å². The van der Waals surface area contributed by atoms with Crippen molar-refractivity contribution in [2.24, 2.45) is 0 Å². The molecule has 3 rings (SSSR count). The third-order valence-electron chi connectivity index (χ3n) is 4.65. The number of rotatable bonds is 4. The summed E-state index contributed by atoms with van der Waals surface area (Å²) in [6.07, 6.45) is 0.407. The Morgan fingerprint density at radius 2 is 1.77 bits per heavy atom. The first-order valence-corrected chi connectivity index (χ1v) is 11.0. The van der Waals surface area contributed by atoms with Crippen molar-refractivity contribution in [3.05, 3.63) is 10.6 Å². The van der Waals surface area contributed by atoms with Gasteiger partial charge in [-0.2, -0.15) is 17.0 Å². The number of nitrogens with zero attached hydrogens (tertiary/aromatic N) is 5. The predicted octanol–water partition coefficient (Wildman–Crippen LogP) is 0.212. The van der Waals surface area contributed by atoms with Crippen LogP contribution < -0.4 is 0 Å². The Bertz CT molecular complexity index is 735. The minimum Gasteiger partial charge on any atom is -0.373 e. The lowest BCUT2D eigenvalue weighted by Gasteiger charge is -2.40. The van der Waals surface area contributed by atoms with Gasteiger partial charge in [-0.1, -0.05) is 11.4 Å². The molecule has 0 bridgehead atoms. The maximum Gasteiger partial charge on any atom is 0.282 e. The summed E-state index contributed by atoms with van der Waals surface area (Å²) in [5, 5.41) is 3.98. The number of ether oxygens (including phenoxy) is 1. The molecule has 0 radical (unpaired) electrons. The maximum absolute atomic E-state index is 12.9. The monoisotopic (exact) mass is 403 g/mol. The van der Waals surface area contributed by atoms with E-state index in [0.717, 1.165) is 11.5 Å². The van der Waals surface area contributed by atoms with Crippen LogP contribution in [0.25, 0.3) is 0 Å². The van der Waals surface area contributed by atoms with Crippen molar-refractivity contribution in [3.63, 3.8) is 0 Å². The highest BCUT2D eigenvalue weighted by Gasteiger charge is 2.37. The average Bonchev–Trinajstić information content (AvgIpc) is 3.09. The minimum absolute atomic E-state index is 0.109. The van der Waals surface area contributed by atoms with Crippen molar-refractivity contribution < 1.29 is 17.9 Å². The molecule has 26 heavy (non-hydrogen) atoms. The van der Waals surface area contributed by atoms with Gasteiger partial charge in [0.25, 0.3) is 16.1 Å². The van der Waals surface area contributed by atoms with Gasteiger partial charge in [-0.25, -0.2) is 0 Å².